The number of nitrogens with zero attached hydrogens (tertiary/aromatic N) is 1. The molecule has 0 unspecified atom stereocenters. The standard InChI is InChI=1S/C16H21NO4S/c1-12-9-13-5-2-3-7-15(13)17(12)16(18)11-22(19,20)10-14-6-4-8-21-14/h2-3,5,7,12,14H,4,6,8-11H2,1H3/t12-,14-/m0/s1. The van der Waals surface area contributed by atoms with Crippen molar-refractivity contribution < 1.29 is 17.9 Å². The van der Waals surface area contributed by atoms with E-state index in [9.17, 15) is 13.2 Å². The molecule has 1 fully saturated rings. The Kier molecular flexibility index (Phi) is 4.23. The van der Waals surface area contributed by atoms with Gasteiger partial charge in [-0.3, -0.25) is 4.79 Å². The minimum Gasteiger partial charge on any atom is -0.377 e. The quantitative estimate of drug-likeness (QED) is 0.843. The first kappa shape index (κ1) is 15.5. The van der Waals surface area contributed by atoms with Crippen LogP contribution >= 0.6 is 0 Å². The van der Waals surface area contributed by atoms with E-state index in [0.717, 1.165) is 30.5 Å². The number of carbonyl (C=O) groups excluding carboxylic acids is 1. The zero-order valence-corrected chi connectivity index (χ0v) is 13.5. The second-order valence-electron chi connectivity index (χ2n) is 6.14. The molecule has 0 aliphatic carbocycles. The number of benzene rings is 1. The van der Waals surface area contributed by atoms with Crippen LogP contribution < -0.4 is 4.90 Å². The molecule has 0 bridgehead atoms. The van der Waals surface area contributed by atoms with Gasteiger partial charge in [-0.15, -0.1) is 0 Å². The Bertz CT molecular complexity index is 664. The van der Waals surface area contributed by atoms with Gasteiger partial charge in [0, 0.05) is 18.3 Å². The summed E-state index contributed by atoms with van der Waals surface area (Å²) in [5.41, 5.74) is 1.94. The Balaban J connectivity index is 1.71. The first-order valence-electron chi connectivity index (χ1n) is 7.68. The lowest BCUT2D eigenvalue weighted by atomic mass is 10.1. The summed E-state index contributed by atoms with van der Waals surface area (Å²) in [6.45, 7) is 2.56. The van der Waals surface area contributed by atoms with E-state index in [0.29, 0.717) is 6.61 Å². The number of ether oxygens (including phenoxy) is 1. The number of carbonyl (C=O) groups is 1. The van der Waals surface area contributed by atoms with Crippen LogP contribution in [0.4, 0.5) is 5.69 Å². The van der Waals surface area contributed by atoms with Crippen LogP contribution in [0.1, 0.15) is 25.3 Å². The third-order valence-electron chi connectivity index (χ3n) is 4.28. The lowest BCUT2D eigenvalue weighted by Gasteiger charge is -2.23. The molecule has 2 atom stereocenters. The number of amides is 1. The molecular weight excluding hydrogens is 302 g/mol. The monoisotopic (exact) mass is 323 g/mol. The molecule has 5 nitrogen and oxygen atoms in total. The van der Waals surface area contributed by atoms with Crippen LogP contribution in [-0.2, 0) is 25.8 Å². The van der Waals surface area contributed by atoms with Crippen molar-refractivity contribution >= 4 is 21.4 Å². The second-order valence-corrected chi connectivity index (χ2v) is 8.24. The van der Waals surface area contributed by atoms with Crippen molar-refractivity contribution in [3.05, 3.63) is 29.8 Å². The average molecular weight is 323 g/mol. The highest BCUT2D eigenvalue weighted by molar-refractivity contribution is 7.92. The Morgan fingerprint density at radius 1 is 1.36 bits per heavy atom. The van der Waals surface area contributed by atoms with Gasteiger partial charge in [-0.1, -0.05) is 18.2 Å². The smallest absolute Gasteiger partial charge is 0.242 e. The van der Waals surface area contributed by atoms with Crippen molar-refractivity contribution in [3.8, 4) is 0 Å². The van der Waals surface area contributed by atoms with Gasteiger partial charge >= 0.3 is 0 Å². The van der Waals surface area contributed by atoms with Gasteiger partial charge in [-0.05, 0) is 37.8 Å². The van der Waals surface area contributed by atoms with Crippen molar-refractivity contribution in [3.63, 3.8) is 0 Å². The maximum Gasteiger partial charge on any atom is 0.242 e. The molecule has 2 aliphatic heterocycles. The van der Waals surface area contributed by atoms with Gasteiger partial charge in [0.1, 0.15) is 5.75 Å². The van der Waals surface area contributed by atoms with Crippen molar-refractivity contribution in [2.75, 3.05) is 23.0 Å². The van der Waals surface area contributed by atoms with Crippen LogP contribution in [0, 0.1) is 0 Å². The van der Waals surface area contributed by atoms with Crippen LogP contribution in [0.3, 0.4) is 0 Å². The third kappa shape index (κ3) is 3.17. The molecule has 3 rings (SSSR count). The third-order valence-corrected chi connectivity index (χ3v) is 5.85. The number of fused-ring (bicyclic) bond motifs is 1. The number of para-hydroxylation sites is 1. The predicted molar refractivity (Wildman–Crippen MR) is 84.7 cm³/mol. The molecule has 0 aromatic heterocycles. The number of anilines is 1. The summed E-state index contributed by atoms with van der Waals surface area (Å²) < 4.78 is 29.9. The maximum atomic E-state index is 12.5. The highest BCUT2D eigenvalue weighted by Gasteiger charge is 2.34. The molecule has 1 saturated heterocycles. The number of hydrogen-bond donors (Lipinski definition) is 0. The summed E-state index contributed by atoms with van der Waals surface area (Å²) in [5, 5.41) is 0. The molecule has 120 valence electrons. The van der Waals surface area contributed by atoms with E-state index in [2.05, 4.69) is 0 Å². The van der Waals surface area contributed by atoms with E-state index in [1.54, 1.807) is 4.90 Å². The van der Waals surface area contributed by atoms with Crippen LogP contribution in [0.5, 0.6) is 0 Å². The lowest BCUT2D eigenvalue weighted by molar-refractivity contribution is -0.116. The van der Waals surface area contributed by atoms with Crippen molar-refractivity contribution in [2.45, 2.75) is 38.3 Å². The van der Waals surface area contributed by atoms with E-state index in [1.807, 2.05) is 31.2 Å². The van der Waals surface area contributed by atoms with E-state index in [-0.39, 0.29) is 23.8 Å². The molecule has 0 spiro atoms. The molecule has 1 aromatic carbocycles. The maximum absolute atomic E-state index is 12.5. The molecule has 0 radical (unpaired) electrons. The van der Waals surface area contributed by atoms with Gasteiger partial charge in [0.2, 0.25) is 5.91 Å². The fourth-order valence-electron chi connectivity index (χ4n) is 3.32. The highest BCUT2D eigenvalue weighted by atomic mass is 32.2. The largest absolute Gasteiger partial charge is 0.377 e. The summed E-state index contributed by atoms with van der Waals surface area (Å²) in [5.74, 6) is -0.829. The van der Waals surface area contributed by atoms with Crippen LogP contribution in [-0.4, -0.2) is 44.6 Å². The lowest BCUT2D eigenvalue weighted by Crippen LogP contribution is -2.40. The molecule has 1 aromatic rings. The summed E-state index contributed by atoms with van der Waals surface area (Å²) in [4.78, 5) is 14.1. The zero-order valence-electron chi connectivity index (χ0n) is 12.7. The molecule has 2 heterocycles. The number of sulfone groups is 1. The molecule has 22 heavy (non-hydrogen) atoms. The topological polar surface area (TPSA) is 63.7 Å². The number of rotatable bonds is 4. The predicted octanol–water partition coefficient (Wildman–Crippen LogP) is 1.56. The molecule has 2 aliphatic rings. The highest BCUT2D eigenvalue weighted by Crippen LogP contribution is 2.32. The van der Waals surface area contributed by atoms with Gasteiger partial charge in [-0.25, -0.2) is 8.42 Å². The van der Waals surface area contributed by atoms with Crippen molar-refractivity contribution in [1.29, 1.82) is 0 Å². The fourth-order valence-corrected chi connectivity index (χ4v) is 4.78. The van der Waals surface area contributed by atoms with Gasteiger partial charge in [0.05, 0.1) is 11.9 Å². The van der Waals surface area contributed by atoms with Gasteiger partial charge in [0.15, 0.2) is 9.84 Å². The second kappa shape index (κ2) is 6.01. The van der Waals surface area contributed by atoms with E-state index < -0.39 is 15.6 Å². The van der Waals surface area contributed by atoms with E-state index in [1.165, 1.54) is 0 Å². The molecule has 0 N–H and O–H groups in total. The minimum absolute atomic E-state index is 0.00262. The zero-order chi connectivity index (χ0) is 15.7. The van der Waals surface area contributed by atoms with Crippen LogP contribution in [0.15, 0.2) is 24.3 Å². The molecular formula is C16H21NO4S. The summed E-state index contributed by atoms with van der Waals surface area (Å²) in [7, 11) is -3.44. The molecule has 1 amide bonds. The van der Waals surface area contributed by atoms with Gasteiger partial charge in [0.25, 0.3) is 0 Å². The van der Waals surface area contributed by atoms with Crippen molar-refractivity contribution in [1.82, 2.24) is 0 Å². The van der Waals surface area contributed by atoms with E-state index in [4.69, 9.17) is 4.74 Å². The normalized spacial score (nSPS) is 24.5. The Morgan fingerprint density at radius 2 is 2.14 bits per heavy atom. The first-order valence-corrected chi connectivity index (χ1v) is 9.50. The van der Waals surface area contributed by atoms with Gasteiger partial charge < -0.3 is 9.64 Å². The van der Waals surface area contributed by atoms with Gasteiger partial charge in [-0.2, -0.15) is 0 Å². The summed E-state index contributed by atoms with van der Waals surface area (Å²) in [6, 6.07) is 7.68. The average Bonchev–Trinajstić information content (AvgIpc) is 3.03. The molecule has 6 heteroatoms. The SMILES string of the molecule is C[C@H]1Cc2ccccc2N1C(=O)CS(=O)(=O)C[C@@H]1CCCO1. The van der Waals surface area contributed by atoms with Crippen molar-refractivity contribution in [2.24, 2.45) is 0 Å². The Morgan fingerprint density at radius 3 is 2.86 bits per heavy atom. The Hall–Kier alpha value is -1.40. The minimum atomic E-state index is -3.44. The fraction of sp³-hybridized carbons (Fsp3) is 0.562. The molecule has 0 saturated carbocycles. The van der Waals surface area contributed by atoms with Crippen LogP contribution in [0.2, 0.25) is 0 Å². The van der Waals surface area contributed by atoms with E-state index >= 15 is 0 Å². The summed E-state index contributed by atoms with van der Waals surface area (Å²) in [6.07, 6.45) is 2.18. The Labute approximate surface area is 131 Å². The number of hydrogen-bond acceptors (Lipinski definition) is 4. The summed E-state index contributed by atoms with van der Waals surface area (Å²) >= 11 is 0. The van der Waals surface area contributed by atoms with Crippen LogP contribution in [0.25, 0.3) is 0 Å². The first-order chi connectivity index (χ1) is 10.5.